The van der Waals surface area contributed by atoms with Gasteiger partial charge in [0.2, 0.25) is 5.91 Å². The van der Waals surface area contributed by atoms with Gasteiger partial charge in [0.05, 0.1) is 5.39 Å². The smallest absolute Gasteiger partial charge is 0.277 e. The van der Waals surface area contributed by atoms with Gasteiger partial charge in [0.15, 0.2) is 0 Å². The lowest BCUT2D eigenvalue weighted by molar-refractivity contribution is -0.130. The maximum Gasteiger partial charge on any atom is 0.277 e. The molecule has 1 aromatic carbocycles. The van der Waals surface area contributed by atoms with E-state index in [4.69, 9.17) is 4.74 Å². The van der Waals surface area contributed by atoms with E-state index in [2.05, 4.69) is 20.5 Å². The average Bonchev–Trinajstić information content (AvgIpc) is 3.15. The molecule has 3 atom stereocenters. The third-order valence-electron chi connectivity index (χ3n) is 6.27. The number of fused-ring (bicyclic) bond motifs is 2. The van der Waals surface area contributed by atoms with Crippen LogP contribution in [0, 0.1) is 11.8 Å². The lowest BCUT2D eigenvalue weighted by Gasteiger charge is -2.20. The molecule has 28 heavy (non-hydrogen) atoms. The van der Waals surface area contributed by atoms with Crippen LogP contribution in [0.15, 0.2) is 29.1 Å². The van der Waals surface area contributed by atoms with Gasteiger partial charge in [-0.1, -0.05) is 17.3 Å². The van der Waals surface area contributed by atoms with Crippen molar-refractivity contribution in [1.29, 1.82) is 0 Å². The summed E-state index contributed by atoms with van der Waals surface area (Å²) in [6, 6.07) is 7.62. The van der Waals surface area contributed by atoms with Crippen LogP contribution in [-0.2, 0) is 16.1 Å². The Morgan fingerprint density at radius 3 is 2.82 bits per heavy atom. The molecule has 3 fully saturated rings. The predicted molar refractivity (Wildman–Crippen MR) is 103 cm³/mol. The number of aryl methyl sites for hydroxylation is 1. The van der Waals surface area contributed by atoms with Gasteiger partial charge in [-0.25, -0.2) is 4.68 Å². The van der Waals surface area contributed by atoms with Gasteiger partial charge >= 0.3 is 0 Å². The van der Waals surface area contributed by atoms with Crippen molar-refractivity contribution in [3.05, 3.63) is 34.6 Å². The molecule has 148 valence electrons. The summed E-state index contributed by atoms with van der Waals surface area (Å²) in [6.07, 6.45) is 2.45. The first-order chi connectivity index (χ1) is 13.7. The number of hydrogen-bond donors (Lipinski definition) is 1. The van der Waals surface area contributed by atoms with Crippen LogP contribution in [0.2, 0.25) is 0 Å². The maximum atomic E-state index is 12.5. The van der Waals surface area contributed by atoms with E-state index in [9.17, 15) is 9.59 Å². The molecular formula is C20H25N5O3. The van der Waals surface area contributed by atoms with Crippen LogP contribution in [0.5, 0.6) is 0 Å². The van der Waals surface area contributed by atoms with Crippen molar-refractivity contribution >= 4 is 16.8 Å². The number of nitrogens with zero attached hydrogens (tertiary/aromatic N) is 4. The van der Waals surface area contributed by atoms with E-state index in [-0.39, 0.29) is 17.6 Å². The number of piperidine rings is 1. The Bertz CT molecular complexity index is 927. The minimum atomic E-state index is -0.237. The summed E-state index contributed by atoms with van der Waals surface area (Å²) in [6.45, 7) is 4.23. The quantitative estimate of drug-likeness (QED) is 0.777. The number of likely N-dealkylation sites (tertiary alicyclic amines) is 1. The summed E-state index contributed by atoms with van der Waals surface area (Å²) in [5.74, 6) is 1.19. The van der Waals surface area contributed by atoms with Crippen LogP contribution >= 0.6 is 0 Å². The number of carbonyl (C=O) groups is 1. The average molecular weight is 383 g/mol. The summed E-state index contributed by atoms with van der Waals surface area (Å²) in [4.78, 5) is 27.1. The molecule has 2 aliphatic heterocycles. The molecule has 2 saturated heterocycles. The zero-order chi connectivity index (χ0) is 19.1. The summed E-state index contributed by atoms with van der Waals surface area (Å²) in [7, 11) is 0. The Morgan fingerprint density at radius 1 is 1.21 bits per heavy atom. The van der Waals surface area contributed by atoms with Gasteiger partial charge in [0.25, 0.3) is 5.56 Å². The normalized spacial score (nSPS) is 29.1. The van der Waals surface area contributed by atoms with Gasteiger partial charge in [0.1, 0.15) is 11.6 Å². The molecule has 0 radical (unpaired) electrons. The predicted octanol–water partition coefficient (Wildman–Crippen LogP) is 0.407. The van der Waals surface area contributed by atoms with Crippen LogP contribution in [0.3, 0.4) is 0 Å². The minimum Gasteiger partial charge on any atom is -0.368 e. The van der Waals surface area contributed by atoms with Gasteiger partial charge in [0, 0.05) is 32.3 Å². The van der Waals surface area contributed by atoms with E-state index in [0.717, 1.165) is 38.9 Å². The molecule has 1 saturated carbocycles. The number of aromatic nitrogens is 3. The van der Waals surface area contributed by atoms with E-state index in [0.29, 0.717) is 41.9 Å². The highest BCUT2D eigenvalue weighted by Crippen LogP contribution is 2.45. The van der Waals surface area contributed by atoms with E-state index >= 15 is 0 Å². The molecule has 1 amide bonds. The van der Waals surface area contributed by atoms with E-state index < -0.39 is 0 Å². The van der Waals surface area contributed by atoms with Crippen molar-refractivity contribution in [2.24, 2.45) is 11.8 Å². The minimum absolute atomic E-state index is 0.0673. The number of nitrogens with one attached hydrogen (secondary N) is 1. The molecule has 1 N–H and O–H groups in total. The van der Waals surface area contributed by atoms with Crippen molar-refractivity contribution < 1.29 is 9.53 Å². The lowest BCUT2D eigenvalue weighted by Crippen LogP contribution is -2.40. The molecule has 0 spiro atoms. The highest BCUT2D eigenvalue weighted by Gasteiger charge is 2.56. The Kier molecular flexibility index (Phi) is 4.60. The van der Waals surface area contributed by atoms with E-state index in [1.165, 1.54) is 4.68 Å². The second-order valence-corrected chi connectivity index (χ2v) is 8.11. The fourth-order valence-electron chi connectivity index (χ4n) is 4.67. The summed E-state index contributed by atoms with van der Waals surface area (Å²) in [5.41, 5.74) is 0.561. The van der Waals surface area contributed by atoms with Gasteiger partial charge in [-0.3, -0.25) is 9.59 Å². The molecule has 2 aromatic rings. The fraction of sp³-hybridized carbons (Fsp3) is 0.600. The van der Waals surface area contributed by atoms with Crippen LogP contribution in [0.1, 0.15) is 19.3 Å². The van der Waals surface area contributed by atoms with E-state index in [1.54, 1.807) is 12.1 Å². The Labute approximate surface area is 162 Å². The lowest BCUT2D eigenvalue weighted by atomic mass is 10.2. The zero-order valence-corrected chi connectivity index (χ0v) is 15.8. The number of ether oxygens (including phenoxy) is 1. The molecule has 8 nitrogen and oxygen atoms in total. The monoisotopic (exact) mass is 383 g/mol. The zero-order valence-electron chi connectivity index (χ0n) is 15.8. The van der Waals surface area contributed by atoms with Gasteiger partial charge in [-0.05, 0) is 49.8 Å². The largest absolute Gasteiger partial charge is 0.368 e. The topological polar surface area (TPSA) is 89.4 Å². The van der Waals surface area contributed by atoms with Crippen LogP contribution in [-0.4, -0.2) is 64.2 Å². The maximum absolute atomic E-state index is 12.5. The number of benzene rings is 1. The Hall–Kier alpha value is -2.32. The first-order valence-electron chi connectivity index (χ1n) is 10.2. The third-order valence-corrected chi connectivity index (χ3v) is 6.27. The molecule has 8 heteroatoms. The molecule has 3 aliphatic rings. The van der Waals surface area contributed by atoms with Gasteiger partial charge in [-0.15, -0.1) is 5.10 Å². The van der Waals surface area contributed by atoms with Crippen LogP contribution < -0.4 is 10.9 Å². The number of hydrogen-bond acceptors (Lipinski definition) is 6. The molecule has 3 heterocycles. The molecule has 1 aromatic heterocycles. The van der Waals surface area contributed by atoms with Crippen molar-refractivity contribution in [3.8, 4) is 0 Å². The van der Waals surface area contributed by atoms with Gasteiger partial charge in [-0.2, -0.15) is 0 Å². The molecular weight excluding hydrogens is 358 g/mol. The molecule has 1 aliphatic carbocycles. The van der Waals surface area contributed by atoms with Crippen molar-refractivity contribution in [1.82, 2.24) is 25.2 Å². The highest BCUT2D eigenvalue weighted by atomic mass is 16.5. The number of amides is 1. The first kappa shape index (κ1) is 17.8. The Morgan fingerprint density at radius 2 is 2.04 bits per heavy atom. The molecule has 5 rings (SSSR count). The van der Waals surface area contributed by atoms with Gasteiger partial charge < -0.3 is 15.0 Å². The number of carbonyl (C=O) groups excluding carboxylic acids is 1. The molecule has 0 bridgehead atoms. The third kappa shape index (κ3) is 3.31. The number of rotatable bonds is 6. The standard InChI is InChI=1S/C20H25N5O3/c26-19(17-7-3-10-28-17)21-18-14-11-24(12-15(14)18)8-4-9-25-20(27)13-5-1-2-6-16(13)22-23-25/h1-2,5-6,14-15,17-18H,3-4,7-12H2,(H,21,26). The van der Waals surface area contributed by atoms with Crippen molar-refractivity contribution in [2.75, 3.05) is 26.2 Å². The summed E-state index contributed by atoms with van der Waals surface area (Å²) >= 11 is 0. The first-order valence-corrected chi connectivity index (χ1v) is 10.2. The SMILES string of the molecule is O=C(NC1C2CN(CCCn3nnc4ccccc4c3=O)CC21)C1CCCO1. The molecule has 3 unspecified atom stereocenters. The Balaban J connectivity index is 1.08. The summed E-state index contributed by atoms with van der Waals surface area (Å²) < 4.78 is 6.92. The van der Waals surface area contributed by atoms with E-state index in [1.807, 2.05) is 12.1 Å². The fourth-order valence-corrected chi connectivity index (χ4v) is 4.67. The van der Waals surface area contributed by atoms with Crippen LogP contribution in [0.4, 0.5) is 0 Å². The highest BCUT2D eigenvalue weighted by molar-refractivity contribution is 5.81. The summed E-state index contributed by atoms with van der Waals surface area (Å²) in [5, 5.41) is 12.0. The second-order valence-electron chi connectivity index (χ2n) is 8.11. The van der Waals surface area contributed by atoms with Crippen molar-refractivity contribution in [2.45, 2.75) is 38.0 Å². The van der Waals surface area contributed by atoms with Crippen LogP contribution in [0.25, 0.3) is 10.9 Å². The second kappa shape index (κ2) is 7.25. The van der Waals surface area contributed by atoms with Crippen molar-refractivity contribution in [3.63, 3.8) is 0 Å².